The van der Waals surface area contributed by atoms with E-state index in [1.807, 2.05) is 24.3 Å². The Morgan fingerprint density at radius 3 is 2.95 bits per heavy atom. The summed E-state index contributed by atoms with van der Waals surface area (Å²) in [5.74, 6) is 2.52. The fourth-order valence-corrected chi connectivity index (χ4v) is 1.98. The third-order valence-corrected chi connectivity index (χ3v) is 2.95. The first-order chi connectivity index (χ1) is 9.36. The van der Waals surface area contributed by atoms with Gasteiger partial charge in [0.1, 0.15) is 17.4 Å². The minimum absolute atomic E-state index is 0.607. The molecule has 96 valence electrons. The largest absolute Gasteiger partial charge is 0.497 e. The molecule has 0 spiro atoms. The van der Waals surface area contributed by atoms with Crippen LogP contribution in [0.4, 0.5) is 5.82 Å². The molecule has 0 fully saturated rings. The summed E-state index contributed by atoms with van der Waals surface area (Å²) in [6.45, 7) is 0.607. The number of benzene rings is 1. The lowest BCUT2D eigenvalue weighted by Crippen LogP contribution is -2.03. The lowest BCUT2D eigenvalue weighted by Gasteiger charge is -2.08. The summed E-state index contributed by atoms with van der Waals surface area (Å²) in [5, 5.41) is 5.44. The first-order valence-electron chi connectivity index (χ1n) is 6.02. The van der Waals surface area contributed by atoms with Crippen LogP contribution in [-0.2, 0) is 6.54 Å². The Bertz CT molecular complexity index is 679. The van der Waals surface area contributed by atoms with Gasteiger partial charge in [0.15, 0.2) is 0 Å². The summed E-state index contributed by atoms with van der Waals surface area (Å²) in [6, 6.07) is 7.92. The van der Waals surface area contributed by atoms with E-state index in [-0.39, 0.29) is 0 Å². The molecule has 19 heavy (non-hydrogen) atoms. The van der Waals surface area contributed by atoms with Gasteiger partial charge in [-0.05, 0) is 23.6 Å². The van der Waals surface area contributed by atoms with Gasteiger partial charge in [-0.1, -0.05) is 6.07 Å². The van der Waals surface area contributed by atoms with E-state index in [0.717, 1.165) is 28.2 Å². The highest BCUT2D eigenvalue weighted by Crippen LogP contribution is 2.25. The maximum Gasteiger partial charge on any atom is 0.134 e. The second-order valence-corrected chi connectivity index (χ2v) is 4.14. The molecule has 2 heterocycles. The molecule has 0 radical (unpaired) electrons. The lowest BCUT2D eigenvalue weighted by atomic mass is 10.1. The number of hydrogen-bond acceptors (Lipinski definition) is 4. The molecule has 0 unspecified atom stereocenters. The number of fused-ring (bicyclic) bond motifs is 1. The fraction of sp³-hybridized carbons (Fsp3) is 0.143. The number of aromatic amines is 1. The van der Waals surface area contributed by atoms with Gasteiger partial charge >= 0.3 is 0 Å². The molecule has 5 heteroatoms. The Morgan fingerprint density at radius 2 is 2.16 bits per heavy atom. The van der Waals surface area contributed by atoms with Crippen molar-refractivity contribution >= 4 is 16.6 Å². The van der Waals surface area contributed by atoms with Gasteiger partial charge in [0.25, 0.3) is 0 Å². The molecule has 3 aromatic rings. The molecule has 0 aliphatic rings. The van der Waals surface area contributed by atoms with Crippen molar-refractivity contribution < 1.29 is 4.74 Å². The molecule has 5 nitrogen and oxygen atoms in total. The van der Waals surface area contributed by atoms with E-state index in [1.165, 1.54) is 0 Å². The molecule has 1 aromatic carbocycles. The normalized spacial score (nSPS) is 10.6. The average molecular weight is 254 g/mol. The summed E-state index contributed by atoms with van der Waals surface area (Å²) in [6.07, 6.45) is 5.33. The van der Waals surface area contributed by atoms with E-state index in [2.05, 4.69) is 20.3 Å². The Morgan fingerprint density at radius 1 is 1.21 bits per heavy atom. The molecule has 0 amide bonds. The van der Waals surface area contributed by atoms with Crippen LogP contribution in [0.25, 0.3) is 10.8 Å². The minimum Gasteiger partial charge on any atom is -0.497 e. The number of H-pyrrole nitrogens is 1. The van der Waals surface area contributed by atoms with Gasteiger partial charge in [0.2, 0.25) is 0 Å². The number of hydrogen-bond donors (Lipinski definition) is 2. The predicted octanol–water partition coefficient (Wildman–Crippen LogP) is 2.58. The van der Waals surface area contributed by atoms with Crippen LogP contribution in [0.5, 0.6) is 5.75 Å². The van der Waals surface area contributed by atoms with Crippen LogP contribution in [0.2, 0.25) is 0 Å². The third-order valence-electron chi connectivity index (χ3n) is 2.95. The van der Waals surface area contributed by atoms with Gasteiger partial charge < -0.3 is 15.0 Å². The number of aromatic nitrogens is 3. The molecule has 0 saturated carbocycles. The Balaban J connectivity index is 1.93. The van der Waals surface area contributed by atoms with E-state index in [4.69, 9.17) is 4.74 Å². The smallest absolute Gasteiger partial charge is 0.134 e. The van der Waals surface area contributed by atoms with Crippen LogP contribution < -0.4 is 10.1 Å². The van der Waals surface area contributed by atoms with Gasteiger partial charge in [0, 0.05) is 24.0 Å². The number of methoxy groups -OCH3 is 1. The van der Waals surface area contributed by atoms with E-state index in [1.54, 1.807) is 25.7 Å². The highest BCUT2D eigenvalue weighted by molar-refractivity contribution is 5.92. The molecule has 2 aromatic heterocycles. The Hall–Kier alpha value is -2.56. The van der Waals surface area contributed by atoms with Gasteiger partial charge in [-0.25, -0.2) is 9.97 Å². The first kappa shape index (κ1) is 11.5. The van der Waals surface area contributed by atoms with Gasteiger partial charge in [-0.2, -0.15) is 0 Å². The molecule has 0 aliphatic carbocycles. The van der Waals surface area contributed by atoms with Crippen LogP contribution in [-0.4, -0.2) is 22.1 Å². The zero-order valence-electron chi connectivity index (χ0n) is 10.6. The van der Waals surface area contributed by atoms with Crippen molar-refractivity contribution in [3.05, 3.63) is 48.7 Å². The van der Waals surface area contributed by atoms with E-state index in [9.17, 15) is 0 Å². The van der Waals surface area contributed by atoms with Crippen molar-refractivity contribution in [2.24, 2.45) is 0 Å². The average Bonchev–Trinajstić information content (AvgIpc) is 2.97. The number of nitrogens with one attached hydrogen (secondary N) is 2. The van der Waals surface area contributed by atoms with Crippen molar-refractivity contribution in [2.75, 3.05) is 12.4 Å². The molecule has 0 aliphatic heterocycles. The molecule has 0 atom stereocenters. The first-order valence-corrected chi connectivity index (χ1v) is 6.02. The topological polar surface area (TPSA) is 62.8 Å². The number of nitrogens with zero attached hydrogens (tertiary/aromatic N) is 2. The number of anilines is 1. The Kier molecular flexibility index (Phi) is 3.02. The zero-order chi connectivity index (χ0) is 13.1. The van der Waals surface area contributed by atoms with Gasteiger partial charge in [-0.3, -0.25) is 0 Å². The Labute approximate surface area is 110 Å². The summed E-state index contributed by atoms with van der Waals surface area (Å²) in [4.78, 5) is 11.6. The highest BCUT2D eigenvalue weighted by atomic mass is 16.5. The lowest BCUT2D eigenvalue weighted by molar-refractivity contribution is 0.415. The second kappa shape index (κ2) is 4.97. The molecular formula is C14H14N4O. The molecule has 0 bridgehead atoms. The van der Waals surface area contributed by atoms with Crippen molar-refractivity contribution in [2.45, 2.75) is 6.54 Å². The summed E-state index contributed by atoms with van der Waals surface area (Å²) in [5.41, 5.74) is 0. The van der Waals surface area contributed by atoms with Gasteiger partial charge in [-0.15, -0.1) is 0 Å². The van der Waals surface area contributed by atoms with Crippen molar-refractivity contribution in [1.82, 2.24) is 15.0 Å². The highest BCUT2D eigenvalue weighted by Gasteiger charge is 2.04. The standard InChI is InChI=1S/C14H14N4O/c1-19-11-3-2-10-4-5-17-14(12(10)8-11)18-9-13-15-6-7-16-13/h2-8H,9H2,1H3,(H,15,16)(H,17,18). The van der Waals surface area contributed by atoms with E-state index in [0.29, 0.717) is 6.54 Å². The van der Waals surface area contributed by atoms with Crippen LogP contribution in [0.3, 0.4) is 0 Å². The second-order valence-electron chi connectivity index (χ2n) is 4.14. The molecule has 0 saturated heterocycles. The summed E-state index contributed by atoms with van der Waals surface area (Å²) in [7, 11) is 1.66. The van der Waals surface area contributed by atoms with Crippen molar-refractivity contribution in [3.63, 3.8) is 0 Å². The molecule has 3 rings (SSSR count). The SMILES string of the molecule is COc1ccc2ccnc(NCc3ncc[nH]3)c2c1. The summed E-state index contributed by atoms with van der Waals surface area (Å²) < 4.78 is 5.25. The van der Waals surface area contributed by atoms with Crippen molar-refractivity contribution in [1.29, 1.82) is 0 Å². The quantitative estimate of drug-likeness (QED) is 0.751. The minimum atomic E-state index is 0.607. The summed E-state index contributed by atoms with van der Waals surface area (Å²) >= 11 is 0. The monoisotopic (exact) mass is 254 g/mol. The van der Waals surface area contributed by atoms with Crippen LogP contribution >= 0.6 is 0 Å². The molecule has 2 N–H and O–H groups in total. The van der Waals surface area contributed by atoms with Crippen LogP contribution in [0, 0.1) is 0 Å². The zero-order valence-corrected chi connectivity index (χ0v) is 10.6. The molecular weight excluding hydrogens is 240 g/mol. The number of imidazole rings is 1. The van der Waals surface area contributed by atoms with Crippen LogP contribution in [0.15, 0.2) is 42.9 Å². The predicted molar refractivity (Wildman–Crippen MR) is 74.2 cm³/mol. The number of ether oxygens (including phenoxy) is 1. The maximum atomic E-state index is 5.25. The number of pyridine rings is 1. The fourth-order valence-electron chi connectivity index (χ4n) is 1.98. The number of rotatable bonds is 4. The third kappa shape index (κ3) is 2.35. The van der Waals surface area contributed by atoms with Gasteiger partial charge in [0.05, 0.1) is 13.7 Å². The maximum absolute atomic E-state index is 5.25. The van der Waals surface area contributed by atoms with Crippen LogP contribution in [0.1, 0.15) is 5.82 Å². The van der Waals surface area contributed by atoms with E-state index < -0.39 is 0 Å². The van der Waals surface area contributed by atoms with E-state index >= 15 is 0 Å². The van der Waals surface area contributed by atoms with Crippen molar-refractivity contribution in [3.8, 4) is 5.75 Å².